The largest absolute Gasteiger partial charge is 0.497 e. The predicted octanol–water partition coefficient (Wildman–Crippen LogP) is 4.14. The van der Waals surface area contributed by atoms with Crippen LogP contribution in [0.15, 0.2) is 36.4 Å². The van der Waals surface area contributed by atoms with E-state index in [0.29, 0.717) is 18.4 Å². The number of fused-ring (bicyclic) bond motifs is 2. The van der Waals surface area contributed by atoms with Crippen molar-refractivity contribution in [1.82, 2.24) is 5.32 Å². The average Bonchev–Trinajstić information content (AvgIpc) is 2.98. The van der Waals surface area contributed by atoms with Gasteiger partial charge in [-0.25, -0.2) is 0 Å². The van der Waals surface area contributed by atoms with Gasteiger partial charge in [0, 0.05) is 12.5 Å². The number of carbonyl (C=O) groups is 1. The van der Waals surface area contributed by atoms with Gasteiger partial charge in [-0.2, -0.15) is 0 Å². The molecule has 0 spiro atoms. The summed E-state index contributed by atoms with van der Waals surface area (Å²) in [4.78, 5) is 12.6. The SMILES string of the molecule is C=C1CCC[C@]2(C)C[C@H]3OC(=O)[C@H](CNCCc4ccc(OC)cc4)[C@H]3C[C@H]12. The minimum Gasteiger partial charge on any atom is -0.497 e. The third-order valence-corrected chi connectivity index (χ3v) is 7.43. The second-order valence-corrected chi connectivity index (χ2v) is 9.21. The molecule has 1 N–H and O–H groups in total. The quantitative estimate of drug-likeness (QED) is 0.456. The molecule has 4 rings (SSSR count). The van der Waals surface area contributed by atoms with Crippen molar-refractivity contribution in [2.75, 3.05) is 20.2 Å². The molecule has 1 aliphatic heterocycles. The molecule has 5 atom stereocenters. The van der Waals surface area contributed by atoms with Crippen molar-refractivity contribution in [3.63, 3.8) is 0 Å². The van der Waals surface area contributed by atoms with Crippen LogP contribution in [0.3, 0.4) is 0 Å². The normalized spacial score (nSPS) is 34.5. The standard InChI is InChI=1S/C24H33NO3/c1-16-5-4-11-24(2)14-22-19(13-21(16)24)20(23(26)28-22)15-25-12-10-17-6-8-18(27-3)9-7-17/h6-9,19-22,25H,1,4-5,10-15H2,2-3H3/t19-,20-,21-,22-,24-/m1/s1. The monoisotopic (exact) mass is 383 g/mol. The highest BCUT2D eigenvalue weighted by molar-refractivity contribution is 5.75. The first-order valence-corrected chi connectivity index (χ1v) is 10.7. The number of allylic oxidation sites excluding steroid dienone is 1. The molecule has 1 aromatic carbocycles. The van der Waals surface area contributed by atoms with Gasteiger partial charge >= 0.3 is 5.97 Å². The Bertz CT molecular complexity index is 728. The maximum atomic E-state index is 12.6. The van der Waals surface area contributed by atoms with Crippen molar-refractivity contribution in [3.05, 3.63) is 42.0 Å². The number of hydrogen-bond donors (Lipinski definition) is 1. The molecule has 4 nitrogen and oxygen atoms in total. The molecule has 0 aromatic heterocycles. The highest BCUT2D eigenvalue weighted by atomic mass is 16.6. The molecule has 4 heteroatoms. The zero-order valence-corrected chi connectivity index (χ0v) is 17.2. The molecule has 0 bridgehead atoms. The summed E-state index contributed by atoms with van der Waals surface area (Å²) in [6, 6.07) is 8.17. The minimum atomic E-state index is -0.0138. The third kappa shape index (κ3) is 3.71. The number of ether oxygens (including phenoxy) is 2. The molecule has 0 unspecified atom stereocenters. The van der Waals surface area contributed by atoms with Crippen molar-refractivity contribution < 1.29 is 14.3 Å². The maximum absolute atomic E-state index is 12.6. The topological polar surface area (TPSA) is 47.6 Å². The zero-order valence-electron chi connectivity index (χ0n) is 17.2. The van der Waals surface area contributed by atoms with E-state index in [1.807, 2.05) is 12.1 Å². The Morgan fingerprint density at radius 2 is 2.11 bits per heavy atom. The molecule has 3 fully saturated rings. The first-order chi connectivity index (χ1) is 13.5. The molecule has 28 heavy (non-hydrogen) atoms. The third-order valence-electron chi connectivity index (χ3n) is 7.43. The second-order valence-electron chi connectivity index (χ2n) is 9.21. The molecule has 152 valence electrons. The van der Waals surface area contributed by atoms with E-state index in [9.17, 15) is 4.79 Å². The van der Waals surface area contributed by atoms with Gasteiger partial charge in [0.15, 0.2) is 0 Å². The van der Waals surface area contributed by atoms with E-state index in [0.717, 1.165) is 38.0 Å². The summed E-state index contributed by atoms with van der Waals surface area (Å²) in [5.74, 6) is 1.76. The number of esters is 1. The smallest absolute Gasteiger partial charge is 0.310 e. The highest BCUT2D eigenvalue weighted by Gasteiger charge is 2.54. The van der Waals surface area contributed by atoms with Crippen molar-refractivity contribution in [2.45, 2.75) is 51.6 Å². The molecule has 3 aliphatic rings. The van der Waals surface area contributed by atoms with E-state index in [-0.39, 0.29) is 23.4 Å². The summed E-state index contributed by atoms with van der Waals surface area (Å²) >= 11 is 0. The van der Waals surface area contributed by atoms with Crippen LogP contribution in [0.5, 0.6) is 5.75 Å². The summed E-state index contributed by atoms with van der Waals surface area (Å²) in [5, 5.41) is 3.51. The van der Waals surface area contributed by atoms with Crippen LogP contribution in [-0.2, 0) is 16.0 Å². The van der Waals surface area contributed by atoms with E-state index in [4.69, 9.17) is 9.47 Å². The van der Waals surface area contributed by atoms with E-state index in [2.05, 4.69) is 31.0 Å². The number of hydrogen-bond acceptors (Lipinski definition) is 4. The second kappa shape index (κ2) is 7.90. The molecule has 2 aliphatic carbocycles. The molecular formula is C24H33NO3. The lowest BCUT2D eigenvalue weighted by molar-refractivity contribution is -0.146. The Labute approximate surface area is 168 Å². The molecular weight excluding hydrogens is 350 g/mol. The summed E-state index contributed by atoms with van der Waals surface area (Å²) in [7, 11) is 1.68. The van der Waals surface area contributed by atoms with Crippen LogP contribution in [0.25, 0.3) is 0 Å². The van der Waals surface area contributed by atoms with Crippen LogP contribution in [-0.4, -0.2) is 32.3 Å². The van der Waals surface area contributed by atoms with E-state index < -0.39 is 0 Å². The van der Waals surface area contributed by atoms with Gasteiger partial charge in [-0.3, -0.25) is 4.79 Å². The summed E-state index contributed by atoms with van der Waals surface area (Å²) in [5.41, 5.74) is 2.94. The van der Waals surface area contributed by atoms with Crippen LogP contribution in [0, 0.1) is 23.2 Å². The number of carbonyl (C=O) groups excluding carboxylic acids is 1. The van der Waals surface area contributed by atoms with Crippen LogP contribution in [0.4, 0.5) is 0 Å². The fourth-order valence-corrected chi connectivity index (χ4v) is 5.77. The van der Waals surface area contributed by atoms with E-state index in [1.165, 1.54) is 24.0 Å². The average molecular weight is 384 g/mol. The summed E-state index contributed by atoms with van der Waals surface area (Å²) in [6.45, 7) is 8.33. The predicted molar refractivity (Wildman–Crippen MR) is 110 cm³/mol. The molecule has 1 saturated heterocycles. The molecule has 0 radical (unpaired) electrons. The fraction of sp³-hybridized carbons (Fsp3) is 0.625. The molecule has 0 amide bonds. The summed E-state index contributed by atoms with van der Waals surface area (Å²) in [6.07, 6.45) is 6.74. The van der Waals surface area contributed by atoms with Gasteiger partial charge in [0.1, 0.15) is 11.9 Å². The fourth-order valence-electron chi connectivity index (χ4n) is 5.77. The number of methoxy groups -OCH3 is 1. The minimum absolute atomic E-state index is 0.000179. The van der Waals surface area contributed by atoms with Gasteiger partial charge in [-0.15, -0.1) is 0 Å². The van der Waals surface area contributed by atoms with Gasteiger partial charge in [0.25, 0.3) is 0 Å². The Kier molecular flexibility index (Phi) is 5.50. The lowest BCUT2D eigenvalue weighted by atomic mass is 9.55. The molecule has 1 aromatic rings. The van der Waals surface area contributed by atoms with Crippen molar-refractivity contribution in [3.8, 4) is 5.75 Å². The van der Waals surface area contributed by atoms with Crippen molar-refractivity contribution in [1.29, 1.82) is 0 Å². The number of benzene rings is 1. The molecule has 1 heterocycles. The first-order valence-electron chi connectivity index (χ1n) is 10.7. The Morgan fingerprint density at radius 1 is 1.32 bits per heavy atom. The van der Waals surface area contributed by atoms with Crippen LogP contribution in [0.1, 0.15) is 44.6 Å². The van der Waals surface area contributed by atoms with E-state index >= 15 is 0 Å². The van der Waals surface area contributed by atoms with Gasteiger partial charge in [-0.05, 0) is 74.1 Å². The molecule has 2 saturated carbocycles. The van der Waals surface area contributed by atoms with Gasteiger partial charge in [-0.1, -0.05) is 31.2 Å². The lowest BCUT2D eigenvalue weighted by Crippen LogP contribution is -2.45. The van der Waals surface area contributed by atoms with Crippen molar-refractivity contribution >= 4 is 5.97 Å². The van der Waals surface area contributed by atoms with Gasteiger partial charge in [0.2, 0.25) is 0 Å². The zero-order chi connectivity index (χ0) is 19.7. The van der Waals surface area contributed by atoms with Gasteiger partial charge in [0.05, 0.1) is 13.0 Å². The number of rotatable bonds is 6. The highest BCUT2D eigenvalue weighted by Crippen LogP contribution is 2.56. The van der Waals surface area contributed by atoms with Crippen LogP contribution >= 0.6 is 0 Å². The first kappa shape index (κ1) is 19.5. The maximum Gasteiger partial charge on any atom is 0.310 e. The van der Waals surface area contributed by atoms with Crippen molar-refractivity contribution in [2.24, 2.45) is 23.2 Å². The summed E-state index contributed by atoms with van der Waals surface area (Å²) < 4.78 is 11.0. The Balaban J connectivity index is 1.32. The van der Waals surface area contributed by atoms with Gasteiger partial charge < -0.3 is 14.8 Å². The van der Waals surface area contributed by atoms with E-state index in [1.54, 1.807) is 7.11 Å². The Hall–Kier alpha value is -1.81. The lowest BCUT2D eigenvalue weighted by Gasteiger charge is -2.50. The van der Waals surface area contributed by atoms with Crippen LogP contribution < -0.4 is 10.1 Å². The number of nitrogens with one attached hydrogen (secondary N) is 1. The van der Waals surface area contributed by atoms with Crippen LogP contribution in [0.2, 0.25) is 0 Å². The Morgan fingerprint density at radius 3 is 2.86 bits per heavy atom.